The van der Waals surface area contributed by atoms with Crippen molar-refractivity contribution in [3.63, 3.8) is 0 Å². The molecule has 188 valence electrons. The summed E-state index contributed by atoms with van der Waals surface area (Å²) in [6.45, 7) is 6.47. The number of esters is 1. The number of rotatable bonds is 13. The minimum absolute atomic E-state index is 0.0611. The van der Waals surface area contributed by atoms with Crippen molar-refractivity contribution in [2.24, 2.45) is 16.4 Å². The Morgan fingerprint density at radius 3 is 2.49 bits per heavy atom. The van der Waals surface area contributed by atoms with Gasteiger partial charge in [-0.1, -0.05) is 41.5 Å². The lowest BCUT2D eigenvalue weighted by Gasteiger charge is -2.22. The minimum Gasteiger partial charge on any atom is -0.493 e. The summed E-state index contributed by atoms with van der Waals surface area (Å²) in [5, 5.41) is 6.39. The van der Waals surface area contributed by atoms with Gasteiger partial charge in [0.1, 0.15) is 0 Å². The summed E-state index contributed by atoms with van der Waals surface area (Å²) < 4.78 is 16.5. The van der Waals surface area contributed by atoms with Gasteiger partial charge in [0.05, 0.1) is 38.7 Å². The summed E-state index contributed by atoms with van der Waals surface area (Å²) in [6, 6.07) is 15.2. The highest BCUT2D eigenvalue weighted by atomic mass is 16.5. The first-order valence-corrected chi connectivity index (χ1v) is 11.5. The minimum atomic E-state index is -0.585. The maximum Gasteiger partial charge on any atom is 0.311 e. The highest BCUT2D eigenvalue weighted by Crippen LogP contribution is 2.28. The van der Waals surface area contributed by atoms with Gasteiger partial charge in [-0.25, -0.2) is 0 Å². The second kappa shape index (κ2) is 13.9. The molecule has 9 heteroatoms. The molecular formula is C26H34N4O5. The highest BCUT2D eigenvalue weighted by Gasteiger charge is 2.24. The Hall–Kier alpha value is -3.71. The number of methoxy groups -OCH3 is 1. The fraction of sp³-hybridized carbons (Fsp3) is 0.462. The molecule has 9 nitrogen and oxygen atoms in total. The quantitative estimate of drug-likeness (QED) is 0.148. The average molecular weight is 483 g/mol. The van der Waals surface area contributed by atoms with E-state index in [0.717, 1.165) is 11.1 Å². The Labute approximate surface area is 206 Å². The average Bonchev–Trinajstić information content (AvgIpc) is 2.83. The Morgan fingerprint density at radius 2 is 1.83 bits per heavy atom. The van der Waals surface area contributed by atoms with Crippen molar-refractivity contribution in [1.29, 1.82) is 0 Å². The third-order valence-corrected chi connectivity index (χ3v) is 5.12. The molecule has 0 spiro atoms. The van der Waals surface area contributed by atoms with E-state index in [1.807, 2.05) is 51.1 Å². The Balaban J connectivity index is 1.96. The van der Waals surface area contributed by atoms with Gasteiger partial charge < -0.3 is 19.5 Å². The van der Waals surface area contributed by atoms with Crippen LogP contribution < -0.4 is 14.8 Å². The molecule has 0 heterocycles. The molecule has 0 aromatic heterocycles. The monoisotopic (exact) mass is 482 g/mol. The van der Waals surface area contributed by atoms with E-state index in [0.29, 0.717) is 24.5 Å². The highest BCUT2D eigenvalue weighted by molar-refractivity contribution is 5.79. The molecule has 35 heavy (non-hydrogen) atoms. The topological polar surface area (TPSA) is 123 Å². The van der Waals surface area contributed by atoms with Gasteiger partial charge in [-0.3, -0.25) is 9.59 Å². The molecule has 2 aromatic carbocycles. The van der Waals surface area contributed by atoms with E-state index >= 15 is 0 Å². The molecule has 2 aromatic rings. The maximum absolute atomic E-state index is 12.7. The Kier molecular flexibility index (Phi) is 10.9. The lowest BCUT2D eigenvalue weighted by molar-refractivity contribution is -0.154. The van der Waals surface area contributed by atoms with Crippen LogP contribution in [-0.2, 0) is 27.2 Å². The van der Waals surface area contributed by atoms with Crippen LogP contribution in [0.4, 0.5) is 0 Å². The maximum atomic E-state index is 12.7. The lowest BCUT2D eigenvalue weighted by atomic mass is 9.96. The van der Waals surface area contributed by atoms with Crippen molar-refractivity contribution < 1.29 is 23.8 Å². The number of ether oxygens (including phenoxy) is 3. The van der Waals surface area contributed by atoms with Crippen LogP contribution >= 0.6 is 0 Å². The first-order chi connectivity index (χ1) is 16.7. The van der Waals surface area contributed by atoms with Crippen LogP contribution in [0.1, 0.15) is 31.9 Å². The molecule has 0 bridgehead atoms. The molecule has 0 saturated carbocycles. The van der Waals surface area contributed by atoms with E-state index in [1.54, 1.807) is 18.2 Å². The number of nitrogens with one attached hydrogen (secondary N) is 1. The number of hydrogen-bond acceptors (Lipinski definition) is 6. The van der Waals surface area contributed by atoms with Gasteiger partial charge in [0.15, 0.2) is 11.5 Å². The van der Waals surface area contributed by atoms with Crippen LogP contribution in [0.15, 0.2) is 53.6 Å². The zero-order chi connectivity index (χ0) is 25.7. The van der Waals surface area contributed by atoms with Crippen molar-refractivity contribution in [2.75, 3.05) is 33.4 Å². The van der Waals surface area contributed by atoms with Gasteiger partial charge in [0.2, 0.25) is 5.91 Å². The molecule has 1 amide bonds. The molecule has 0 aliphatic carbocycles. The van der Waals surface area contributed by atoms with E-state index in [-0.39, 0.29) is 44.0 Å². The van der Waals surface area contributed by atoms with Crippen molar-refractivity contribution in [3.05, 3.63) is 70.1 Å². The Morgan fingerprint density at radius 1 is 1.09 bits per heavy atom. The summed E-state index contributed by atoms with van der Waals surface area (Å²) in [6.07, 6.45) is 0.837. The number of carbonyl (C=O) groups is 2. The van der Waals surface area contributed by atoms with Crippen LogP contribution in [0.2, 0.25) is 0 Å². The number of azide groups is 1. The summed E-state index contributed by atoms with van der Waals surface area (Å²) in [7, 11) is 1.52. The normalized spacial score (nSPS) is 11.7. The van der Waals surface area contributed by atoms with E-state index in [2.05, 4.69) is 15.3 Å². The first kappa shape index (κ1) is 27.5. The van der Waals surface area contributed by atoms with Crippen LogP contribution in [0, 0.1) is 11.3 Å². The van der Waals surface area contributed by atoms with Crippen LogP contribution in [0.5, 0.6) is 11.5 Å². The number of carbonyl (C=O) groups excluding carboxylic acids is 2. The van der Waals surface area contributed by atoms with E-state index in [9.17, 15) is 9.59 Å². The number of hydrogen-bond donors (Lipinski definition) is 1. The summed E-state index contributed by atoms with van der Waals surface area (Å²) in [5.74, 6) is 0.523. The molecule has 1 unspecified atom stereocenters. The smallest absolute Gasteiger partial charge is 0.311 e. The Bertz CT molecular complexity index is 1010. The fourth-order valence-electron chi connectivity index (χ4n) is 3.24. The largest absolute Gasteiger partial charge is 0.493 e. The molecular weight excluding hydrogens is 448 g/mol. The zero-order valence-electron chi connectivity index (χ0n) is 20.8. The van der Waals surface area contributed by atoms with Gasteiger partial charge in [0, 0.05) is 17.4 Å². The summed E-state index contributed by atoms with van der Waals surface area (Å²) in [4.78, 5) is 27.6. The standard InChI is InChI=1S/C26H34N4O5/c1-26(2,3)25(32)35-18-21(14-19-8-6-5-7-9-19)17-28-24(31)16-20-10-11-22(23(15-20)33-4)34-13-12-29-30-27/h5-11,15,21H,12-14,16-18H2,1-4H3,(H,28,31). The van der Waals surface area contributed by atoms with Gasteiger partial charge in [-0.2, -0.15) is 0 Å². The number of nitrogens with zero attached hydrogens (tertiary/aromatic N) is 3. The third kappa shape index (κ3) is 9.98. The molecule has 2 rings (SSSR count). The molecule has 1 atom stereocenters. The van der Waals surface area contributed by atoms with Gasteiger partial charge >= 0.3 is 5.97 Å². The molecule has 0 fully saturated rings. The molecule has 0 saturated heterocycles. The SMILES string of the molecule is COc1cc(CC(=O)NCC(COC(=O)C(C)(C)C)Cc2ccccc2)ccc1OCCN=[N+]=[N-]. The third-order valence-electron chi connectivity index (χ3n) is 5.12. The van der Waals surface area contributed by atoms with Crippen molar-refractivity contribution in [2.45, 2.75) is 33.6 Å². The van der Waals surface area contributed by atoms with Gasteiger partial charge in [-0.05, 0) is 56.0 Å². The lowest BCUT2D eigenvalue weighted by Crippen LogP contribution is -2.35. The van der Waals surface area contributed by atoms with Crippen molar-refractivity contribution in [1.82, 2.24) is 5.32 Å². The summed E-state index contributed by atoms with van der Waals surface area (Å²) in [5.41, 5.74) is 9.63. The van der Waals surface area contributed by atoms with E-state index in [1.165, 1.54) is 7.11 Å². The fourth-order valence-corrected chi connectivity index (χ4v) is 3.24. The van der Waals surface area contributed by atoms with Gasteiger partial charge in [-0.15, -0.1) is 0 Å². The molecule has 0 aliphatic heterocycles. The van der Waals surface area contributed by atoms with Crippen LogP contribution in [-0.4, -0.2) is 45.3 Å². The first-order valence-electron chi connectivity index (χ1n) is 11.5. The number of amides is 1. The molecule has 0 radical (unpaired) electrons. The van der Waals surface area contributed by atoms with Gasteiger partial charge in [0.25, 0.3) is 0 Å². The molecule has 1 N–H and O–H groups in total. The molecule has 0 aliphatic rings. The predicted octanol–water partition coefficient (Wildman–Crippen LogP) is 4.49. The second-order valence-corrected chi connectivity index (χ2v) is 9.17. The van der Waals surface area contributed by atoms with Crippen LogP contribution in [0.25, 0.3) is 10.4 Å². The van der Waals surface area contributed by atoms with Crippen molar-refractivity contribution in [3.8, 4) is 11.5 Å². The summed E-state index contributed by atoms with van der Waals surface area (Å²) >= 11 is 0. The van der Waals surface area contributed by atoms with Crippen LogP contribution in [0.3, 0.4) is 0 Å². The van der Waals surface area contributed by atoms with E-state index < -0.39 is 5.41 Å². The van der Waals surface area contributed by atoms with E-state index in [4.69, 9.17) is 19.7 Å². The second-order valence-electron chi connectivity index (χ2n) is 9.17. The predicted molar refractivity (Wildman–Crippen MR) is 133 cm³/mol. The number of benzene rings is 2. The zero-order valence-corrected chi connectivity index (χ0v) is 20.8. The van der Waals surface area contributed by atoms with Crippen molar-refractivity contribution >= 4 is 11.9 Å².